The van der Waals surface area contributed by atoms with Gasteiger partial charge in [-0.2, -0.15) is 0 Å². The van der Waals surface area contributed by atoms with Crippen LogP contribution in [0.5, 0.6) is 0 Å². The van der Waals surface area contributed by atoms with Crippen molar-refractivity contribution in [2.75, 3.05) is 13.1 Å². The normalized spacial score (nSPS) is 21.0. The van der Waals surface area contributed by atoms with E-state index >= 15 is 0 Å². The van der Waals surface area contributed by atoms with Gasteiger partial charge in [0.05, 0.1) is 18.3 Å². The number of rotatable bonds is 3. The molecule has 1 amide bonds. The first kappa shape index (κ1) is 15.4. The first-order valence-electron chi connectivity index (χ1n) is 8.72. The van der Waals surface area contributed by atoms with Crippen molar-refractivity contribution < 1.29 is 9.32 Å². The Morgan fingerprint density at radius 3 is 2.71 bits per heavy atom. The summed E-state index contributed by atoms with van der Waals surface area (Å²) in [5.41, 5.74) is 3.48. The summed E-state index contributed by atoms with van der Waals surface area (Å²) in [7, 11) is 0. The van der Waals surface area contributed by atoms with Gasteiger partial charge >= 0.3 is 0 Å². The molecule has 126 valence electrons. The van der Waals surface area contributed by atoms with Crippen LogP contribution in [-0.2, 0) is 24.3 Å². The molecule has 0 saturated carbocycles. The number of aryl methyl sites for hydroxylation is 1. The van der Waals surface area contributed by atoms with Crippen molar-refractivity contribution in [1.82, 2.24) is 15.0 Å². The van der Waals surface area contributed by atoms with Crippen LogP contribution >= 0.6 is 0 Å². The molecule has 2 aliphatic rings. The maximum absolute atomic E-state index is 13.1. The van der Waals surface area contributed by atoms with Gasteiger partial charge in [-0.1, -0.05) is 29.4 Å². The van der Waals surface area contributed by atoms with E-state index in [1.54, 1.807) is 0 Å². The minimum Gasteiger partial charge on any atom is -0.360 e. The molecule has 4 rings (SSSR count). The van der Waals surface area contributed by atoms with Crippen molar-refractivity contribution in [1.29, 1.82) is 0 Å². The quantitative estimate of drug-likeness (QED) is 0.870. The van der Waals surface area contributed by atoms with E-state index in [0.29, 0.717) is 6.54 Å². The summed E-state index contributed by atoms with van der Waals surface area (Å²) in [5, 5.41) is 3.98. The predicted octanol–water partition coefficient (Wildman–Crippen LogP) is 2.53. The molecular formula is C19H23N3O2. The van der Waals surface area contributed by atoms with E-state index < -0.39 is 0 Å². The van der Waals surface area contributed by atoms with Gasteiger partial charge in [-0.15, -0.1) is 0 Å². The molecule has 0 N–H and O–H groups in total. The minimum absolute atomic E-state index is 0.108. The fraction of sp³-hybridized carbons (Fsp3) is 0.474. The van der Waals surface area contributed by atoms with Crippen molar-refractivity contribution >= 4 is 5.91 Å². The molecule has 5 nitrogen and oxygen atoms in total. The highest BCUT2D eigenvalue weighted by Gasteiger charge is 2.35. The Kier molecular flexibility index (Phi) is 4.10. The van der Waals surface area contributed by atoms with Crippen LogP contribution in [0.25, 0.3) is 0 Å². The number of amides is 1. The Labute approximate surface area is 142 Å². The maximum atomic E-state index is 13.1. The van der Waals surface area contributed by atoms with Gasteiger partial charge in [-0.3, -0.25) is 9.69 Å². The van der Waals surface area contributed by atoms with Crippen LogP contribution in [0.3, 0.4) is 0 Å². The molecule has 0 unspecified atom stereocenters. The Morgan fingerprint density at radius 1 is 1.25 bits per heavy atom. The number of hydrogen-bond donors (Lipinski definition) is 0. The SMILES string of the molecule is Cc1cc(CN2Cc3ccccc3C[C@@H]2C(=O)N2CCCC2)on1. The minimum atomic E-state index is -0.108. The van der Waals surface area contributed by atoms with Crippen LogP contribution in [0.1, 0.15) is 35.4 Å². The van der Waals surface area contributed by atoms with Crippen LogP contribution in [-0.4, -0.2) is 40.0 Å². The van der Waals surface area contributed by atoms with E-state index in [-0.39, 0.29) is 11.9 Å². The van der Waals surface area contributed by atoms with Crippen LogP contribution in [0, 0.1) is 6.92 Å². The molecule has 1 aromatic carbocycles. The summed E-state index contributed by atoms with van der Waals surface area (Å²) in [6, 6.07) is 10.3. The number of fused-ring (bicyclic) bond motifs is 1. The third kappa shape index (κ3) is 2.96. The van der Waals surface area contributed by atoms with Crippen molar-refractivity contribution in [3.8, 4) is 0 Å². The second-order valence-corrected chi connectivity index (χ2v) is 6.86. The first-order chi connectivity index (χ1) is 11.7. The topological polar surface area (TPSA) is 49.6 Å². The van der Waals surface area contributed by atoms with Crippen LogP contribution < -0.4 is 0 Å². The van der Waals surface area contributed by atoms with Crippen LogP contribution in [0.2, 0.25) is 0 Å². The van der Waals surface area contributed by atoms with Crippen LogP contribution in [0.15, 0.2) is 34.9 Å². The third-order valence-electron chi connectivity index (χ3n) is 5.08. The van der Waals surface area contributed by atoms with Crippen molar-refractivity contribution in [2.24, 2.45) is 0 Å². The van der Waals surface area contributed by atoms with E-state index in [2.05, 4.69) is 34.3 Å². The number of carbonyl (C=O) groups excluding carboxylic acids is 1. The zero-order valence-corrected chi connectivity index (χ0v) is 14.1. The Hall–Kier alpha value is -2.14. The lowest BCUT2D eigenvalue weighted by atomic mass is 9.93. The van der Waals surface area contributed by atoms with E-state index in [9.17, 15) is 4.79 Å². The lowest BCUT2D eigenvalue weighted by molar-refractivity contribution is -0.137. The maximum Gasteiger partial charge on any atom is 0.240 e. The third-order valence-corrected chi connectivity index (χ3v) is 5.08. The second-order valence-electron chi connectivity index (χ2n) is 6.86. The summed E-state index contributed by atoms with van der Waals surface area (Å²) < 4.78 is 5.39. The van der Waals surface area contributed by atoms with E-state index in [4.69, 9.17) is 4.52 Å². The molecule has 3 heterocycles. The van der Waals surface area contributed by atoms with Gasteiger partial charge in [-0.25, -0.2) is 0 Å². The fourth-order valence-corrected chi connectivity index (χ4v) is 3.83. The zero-order valence-electron chi connectivity index (χ0n) is 14.1. The highest BCUT2D eigenvalue weighted by molar-refractivity contribution is 5.82. The largest absolute Gasteiger partial charge is 0.360 e. The molecule has 2 aromatic rings. The first-order valence-corrected chi connectivity index (χ1v) is 8.72. The Balaban J connectivity index is 1.60. The van der Waals surface area contributed by atoms with Crippen molar-refractivity contribution in [3.05, 3.63) is 52.9 Å². The van der Waals surface area contributed by atoms with Gasteiger partial charge in [-0.05, 0) is 37.3 Å². The molecule has 24 heavy (non-hydrogen) atoms. The molecule has 1 aromatic heterocycles. The highest BCUT2D eigenvalue weighted by atomic mass is 16.5. The molecule has 1 fully saturated rings. The monoisotopic (exact) mass is 325 g/mol. The lowest BCUT2D eigenvalue weighted by Gasteiger charge is -2.37. The Bertz CT molecular complexity index is 734. The van der Waals surface area contributed by atoms with Crippen molar-refractivity contribution in [2.45, 2.75) is 45.3 Å². The van der Waals surface area contributed by atoms with Gasteiger partial charge in [0, 0.05) is 25.7 Å². The molecule has 2 aliphatic heterocycles. The summed E-state index contributed by atoms with van der Waals surface area (Å²) in [5.74, 6) is 1.09. The Morgan fingerprint density at radius 2 is 2.00 bits per heavy atom. The number of aromatic nitrogens is 1. The molecule has 1 atom stereocenters. The summed E-state index contributed by atoms with van der Waals surface area (Å²) in [6.45, 7) is 5.11. The average molecular weight is 325 g/mol. The van der Waals surface area contributed by atoms with E-state index in [1.165, 1.54) is 11.1 Å². The fourth-order valence-electron chi connectivity index (χ4n) is 3.83. The average Bonchev–Trinajstić information content (AvgIpc) is 3.25. The molecule has 1 saturated heterocycles. The molecule has 5 heteroatoms. The number of nitrogens with zero attached hydrogens (tertiary/aromatic N) is 3. The number of benzene rings is 1. The number of hydrogen-bond acceptors (Lipinski definition) is 4. The van der Waals surface area contributed by atoms with Crippen LogP contribution in [0.4, 0.5) is 0 Å². The number of likely N-dealkylation sites (tertiary alicyclic amines) is 1. The standard InChI is InChI=1S/C19H23N3O2/c1-14-10-17(24-20-14)13-22-12-16-7-3-2-6-15(16)11-18(22)19(23)21-8-4-5-9-21/h2-3,6-7,10,18H,4-5,8-9,11-13H2,1H3/t18-/m1/s1. The lowest BCUT2D eigenvalue weighted by Crippen LogP contribution is -2.50. The van der Waals surface area contributed by atoms with E-state index in [1.807, 2.05) is 17.9 Å². The van der Waals surface area contributed by atoms with Crippen molar-refractivity contribution in [3.63, 3.8) is 0 Å². The van der Waals surface area contributed by atoms with Gasteiger partial charge in [0.1, 0.15) is 0 Å². The molecule has 0 bridgehead atoms. The molecular weight excluding hydrogens is 302 g/mol. The predicted molar refractivity (Wildman–Crippen MR) is 90.2 cm³/mol. The zero-order chi connectivity index (χ0) is 16.5. The molecule has 0 spiro atoms. The van der Waals surface area contributed by atoms with E-state index in [0.717, 1.165) is 50.4 Å². The smallest absolute Gasteiger partial charge is 0.240 e. The van der Waals surface area contributed by atoms with Gasteiger partial charge < -0.3 is 9.42 Å². The molecule has 0 aliphatic carbocycles. The second kappa shape index (κ2) is 6.40. The summed E-state index contributed by atoms with van der Waals surface area (Å²) in [4.78, 5) is 17.3. The highest BCUT2D eigenvalue weighted by Crippen LogP contribution is 2.27. The molecule has 0 radical (unpaired) electrons. The summed E-state index contributed by atoms with van der Waals surface area (Å²) in [6.07, 6.45) is 3.02. The summed E-state index contributed by atoms with van der Waals surface area (Å²) >= 11 is 0. The number of carbonyl (C=O) groups is 1. The van der Waals surface area contributed by atoms with Gasteiger partial charge in [0.15, 0.2) is 5.76 Å². The van der Waals surface area contributed by atoms with Gasteiger partial charge in [0.2, 0.25) is 5.91 Å². The van der Waals surface area contributed by atoms with Gasteiger partial charge in [0.25, 0.3) is 0 Å².